The highest BCUT2D eigenvalue weighted by molar-refractivity contribution is 5.87. The van der Waals surface area contributed by atoms with Gasteiger partial charge in [-0.1, -0.05) is 48.9 Å². The topological polar surface area (TPSA) is 87.1 Å². The molecular weight excluding hydrogens is 442 g/mol. The molecule has 0 amide bonds. The second-order valence-electron chi connectivity index (χ2n) is 9.22. The van der Waals surface area contributed by atoms with Gasteiger partial charge in [-0.3, -0.25) is 4.79 Å². The van der Waals surface area contributed by atoms with E-state index < -0.39 is 11.9 Å². The van der Waals surface area contributed by atoms with Crippen molar-refractivity contribution in [2.45, 2.75) is 51.4 Å². The van der Waals surface area contributed by atoms with Crippen molar-refractivity contribution in [2.24, 2.45) is 5.92 Å². The van der Waals surface area contributed by atoms with Gasteiger partial charge in [0.1, 0.15) is 5.75 Å². The SMILES string of the molecule is CN(C)CCCCCOc1ccccc1C=CC(CCCCC(=O)O)Cc1ccc(C(=O)O)cc1. The molecule has 2 rings (SSSR count). The van der Waals surface area contributed by atoms with Gasteiger partial charge >= 0.3 is 11.9 Å². The second-order valence-corrected chi connectivity index (χ2v) is 9.22. The maximum absolute atomic E-state index is 11.1. The summed E-state index contributed by atoms with van der Waals surface area (Å²) in [6, 6.07) is 15.0. The van der Waals surface area contributed by atoms with E-state index in [0.717, 1.165) is 61.9 Å². The molecule has 1 atom stereocenters. The molecule has 190 valence electrons. The largest absolute Gasteiger partial charge is 0.493 e. The summed E-state index contributed by atoms with van der Waals surface area (Å²) in [5.74, 6) is -0.629. The summed E-state index contributed by atoms with van der Waals surface area (Å²) in [7, 11) is 4.17. The zero-order valence-corrected chi connectivity index (χ0v) is 21.0. The quantitative estimate of drug-likeness (QED) is 0.269. The zero-order chi connectivity index (χ0) is 25.5. The Balaban J connectivity index is 2.01. The van der Waals surface area contributed by atoms with Crippen molar-refractivity contribution in [1.82, 2.24) is 4.90 Å². The normalized spacial score (nSPS) is 12.2. The summed E-state index contributed by atoms with van der Waals surface area (Å²) < 4.78 is 6.07. The van der Waals surface area contributed by atoms with E-state index in [1.54, 1.807) is 12.1 Å². The molecule has 0 aliphatic rings. The minimum absolute atomic E-state index is 0.176. The Morgan fingerprint density at radius 1 is 0.943 bits per heavy atom. The number of para-hydroxylation sites is 1. The number of aliphatic carboxylic acids is 1. The molecule has 35 heavy (non-hydrogen) atoms. The van der Waals surface area contributed by atoms with E-state index in [1.165, 1.54) is 0 Å². The van der Waals surface area contributed by atoms with Gasteiger partial charge in [0.25, 0.3) is 0 Å². The fourth-order valence-electron chi connectivity index (χ4n) is 3.91. The molecule has 0 aromatic heterocycles. The average Bonchev–Trinajstić information content (AvgIpc) is 2.83. The Labute approximate surface area is 209 Å². The molecule has 0 radical (unpaired) electrons. The lowest BCUT2D eigenvalue weighted by atomic mass is 9.92. The third-order valence-corrected chi connectivity index (χ3v) is 5.89. The van der Waals surface area contributed by atoms with Gasteiger partial charge in [-0.15, -0.1) is 0 Å². The van der Waals surface area contributed by atoms with Gasteiger partial charge in [-0.05, 0) is 88.8 Å². The van der Waals surface area contributed by atoms with Gasteiger partial charge in [-0.25, -0.2) is 4.79 Å². The first-order valence-corrected chi connectivity index (χ1v) is 12.4. The van der Waals surface area contributed by atoms with E-state index in [0.29, 0.717) is 13.0 Å². The number of carboxylic acid groups (broad SMARTS) is 2. The van der Waals surface area contributed by atoms with Gasteiger partial charge in [0.05, 0.1) is 12.2 Å². The third kappa shape index (κ3) is 11.7. The second kappa shape index (κ2) is 15.7. The van der Waals surface area contributed by atoms with Crippen LogP contribution in [0.15, 0.2) is 54.6 Å². The van der Waals surface area contributed by atoms with E-state index in [9.17, 15) is 9.59 Å². The molecule has 0 saturated heterocycles. The van der Waals surface area contributed by atoms with E-state index in [4.69, 9.17) is 14.9 Å². The van der Waals surface area contributed by atoms with Gasteiger partial charge in [0.15, 0.2) is 0 Å². The summed E-state index contributed by atoms with van der Waals surface area (Å²) >= 11 is 0. The van der Waals surface area contributed by atoms with Crippen molar-refractivity contribution < 1.29 is 24.5 Å². The van der Waals surface area contributed by atoms with E-state index in [-0.39, 0.29) is 17.9 Å². The molecule has 0 spiro atoms. The maximum Gasteiger partial charge on any atom is 0.335 e. The van der Waals surface area contributed by atoms with Crippen LogP contribution in [0.2, 0.25) is 0 Å². The van der Waals surface area contributed by atoms with Crippen molar-refractivity contribution in [3.8, 4) is 5.75 Å². The molecule has 0 saturated carbocycles. The lowest BCUT2D eigenvalue weighted by molar-refractivity contribution is -0.137. The standard InChI is InChI=1S/C29H39NO5/c1-30(2)20-8-3-9-21-35-27-12-6-5-11-25(27)17-14-23(10-4-7-13-28(31)32)22-24-15-18-26(19-16-24)29(33)34/h5-6,11-12,14-19,23H,3-4,7-10,13,20-22H2,1-2H3,(H,31,32)(H,33,34). The summed E-state index contributed by atoms with van der Waals surface area (Å²) in [6.07, 6.45) is 10.8. The molecule has 2 aromatic rings. The monoisotopic (exact) mass is 481 g/mol. The summed E-state index contributed by atoms with van der Waals surface area (Å²) in [5.41, 5.74) is 2.36. The zero-order valence-electron chi connectivity index (χ0n) is 21.0. The van der Waals surface area contributed by atoms with Crippen LogP contribution < -0.4 is 4.74 Å². The predicted molar refractivity (Wildman–Crippen MR) is 140 cm³/mol. The van der Waals surface area contributed by atoms with Gasteiger partial charge in [-0.2, -0.15) is 0 Å². The molecule has 1 unspecified atom stereocenters. The molecule has 0 aliphatic heterocycles. The summed E-state index contributed by atoms with van der Waals surface area (Å²) in [5, 5.41) is 18.1. The highest BCUT2D eigenvalue weighted by atomic mass is 16.5. The number of carboxylic acids is 2. The van der Waals surface area contributed by atoms with Crippen LogP contribution >= 0.6 is 0 Å². The molecule has 6 nitrogen and oxygen atoms in total. The molecular formula is C29H39NO5. The van der Waals surface area contributed by atoms with E-state index in [2.05, 4.69) is 31.1 Å². The fourth-order valence-corrected chi connectivity index (χ4v) is 3.91. The molecule has 6 heteroatoms. The number of hydrogen-bond donors (Lipinski definition) is 2. The smallest absolute Gasteiger partial charge is 0.335 e. The number of unbranched alkanes of at least 4 members (excludes halogenated alkanes) is 3. The highest BCUT2D eigenvalue weighted by Crippen LogP contribution is 2.24. The van der Waals surface area contributed by atoms with Crippen LogP contribution in [0.3, 0.4) is 0 Å². The first kappa shape index (κ1) is 28.1. The van der Waals surface area contributed by atoms with Gasteiger partial charge in [0, 0.05) is 12.0 Å². The van der Waals surface area contributed by atoms with E-state index in [1.807, 2.05) is 36.4 Å². The first-order valence-electron chi connectivity index (χ1n) is 12.4. The van der Waals surface area contributed by atoms with Crippen molar-refractivity contribution in [3.63, 3.8) is 0 Å². The molecule has 0 fully saturated rings. The number of allylic oxidation sites excluding steroid dienone is 1. The number of ether oxygens (including phenoxy) is 1. The third-order valence-electron chi connectivity index (χ3n) is 5.89. The highest BCUT2D eigenvalue weighted by Gasteiger charge is 2.10. The molecule has 2 aromatic carbocycles. The summed E-state index contributed by atoms with van der Waals surface area (Å²) in [4.78, 5) is 24.2. The predicted octanol–water partition coefficient (Wildman–Crippen LogP) is 6.01. The lowest BCUT2D eigenvalue weighted by Gasteiger charge is -2.14. The maximum atomic E-state index is 11.1. The van der Waals surface area contributed by atoms with Crippen molar-refractivity contribution in [2.75, 3.05) is 27.2 Å². The summed E-state index contributed by atoms with van der Waals surface area (Å²) in [6.45, 7) is 1.78. The number of benzene rings is 2. The first-order chi connectivity index (χ1) is 16.8. The van der Waals surface area contributed by atoms with Crippen LogP contribution in [-0.2, 0) is 11.2 Å². The van der Waals surface area contributed by atoms with Crippen molar-refractivity contribution >= 4 is 18.0 Å². The van der Waals surface area contributed by atoms with Crippen LogP contribution in [-0.4, -0.2) is 54.3 Å². The van der Waals surface area contributed by atoms with Crippen LogP contribution in [0.5, 0.6) is 5.75 Å². The lowest BCUT2D eigenvalue weighted by Crippen LogP contribution is -2.13. The Hall–Kier alpha value is -3.12. The van der Waals surface area contributed by atoms with Crippen molar-refractivity contribution in [3.05, 3.63) is 71.3 Å². The van der Waals surface area contributed by atoms with Gasteiger partial charge < -0.3 is 19.8 Å². The number of nitrogens with zero attached hydrogens (tertiary/aromatic N) is 1. The van der Waals surface area contributed by atoms with E-state index >= 15 is 0 Å². The van der Waals surface area contributed by atoms with Crippen LogP contribution in [0, 0.1) is 5.92 Å². The molecule has 2 N–H and O–H groups in total. The number of carbonyl (C=O) groups is 2. The Morgan fingerprint density at radius 2 is 1.69 bits per heavy atom. The minimum Gasteiger partial charge on any atom is -0.493 e. The number of aromatic carboxylic acids is 1. The minimum atomic E-state index is -0.934. The average molecular weight is 482 g/mol. The molecule has 0 heterocycles. The van der Waals surface area contributed by atoms with Crippen LogP contribution in [0.25, 0.3) is 6.08 Å². The Morgan fingerprint density at radius 3 is 2.37 bits per heavy atom. The Bertz CT molecular complexity index is 936. The number of hydrogen-bond acceptors (Lipinski definition) is 4. The fraction of sp³-hybridized carbons (Fsp3) is 0.448. The van der Waals surface area contributed by atoms with Crippen molar-refractivity contribution in [1.29, 1.82) is 0 Å². The van der Waals surface area contributed by atoms with Crippen LogP contribution in [0.1, 0.15) is 66.4 Å². The Kier molecular flexibility index (Phi) is 12.6. The van der Waals surface area contributed by atoms with Crippen LogP contribution in [0.4, 0.5) is 0 Å². The number of rotatable bonds is 17. The molecule has 0 aliphatic carbocycles. The molecule has 0 bridgehead atoms. The van der Waals surface area contributed by atoms with Gasteiger partial charge in [0.2, 0.25) is 0 Å².